The zero-order valence-corrected chi connectivity index (χ0v) is 12.7. The van der Waals surface area contributed by atoms with Crippen molar-refractivity contribution in [3.63, 3.8) is 0 Å². The Hall–Kier alpha value is -1.96. The number of anilines is 1. The predicted molar refractivity (Wildman–Crippen MR) is 85.1 cm³/mol. The Bertz CT molecular complexity index is 579. The molecule has 0 atom stereocenters. The quantitative estimate of drug-likeness (QED) is 0.835. The summed E-state index contributed by atoms with van der Waals surface area (Å²) in [6.45, 7) is 9.19. The molecule has 0 aliphatic heterocycles. The SMILES string of the molecule is Cc1c(N)cccc1OCc1ccc(C(C)(C)C)cc1. The maximum absolute atomic E-state index is 5.88. The zero-order chi connectivity index (χ0) is 14.8. The van der Waals surface area contributed by atoms with Gasteiger partial charge in [0.25, 0.3) is 0 Å². The Morgan fingerprint density at radius 1 is 1.00 bits per heavy atom. The van der Waals surface area contributed by atoms with Gasteiger partial charge in [-0.15, -0.1) is 0 Å². The van der Waals surface area contributed by atoms with E-state index >= 15 is 0 Å². The summed E-state index contributed by atoms with van der Waals surface area (Å²) in [6.07, 6.45) is 0. The molecule has 0 bridgehead atoms. The maximum atomic E-state index is 5.88. The van der Waals surface area contributed by atoms with Crippen LogP contribution in [0.4, 0.5) is 5.69 Å². The number of rotatable bonds is 3. The van der Waals surface area contributed by atoms with Crippen LogP contribution < -0.4 is 10.5 Å². The molecular weight excluding hydrogens is 246 g/mol. The first-order chi connectivity index (χ1) is 9.38. The third kappa shape index (κ3) is 3.32. The fourth-order valence-corrected chi connectivity index (χ4v) is 2.05. The molecule has 0 spiro atoms. The lowest BCUT2D eigenvalue weighted by atomic mass is 9.87. The van der Waals surface area contributed by atoms with Crippen molar-refractivity contribution in [3.8, 4) is 5.75 Å². The molecular formula is C18H23NO. The molecule has 106 valence electrons. The van der Waals surface area contributed by atoms with Crippen LogP contribution in [0.3, 0.4) is 0 Å². The molecule has 0 aromatic heterocycles. The summed E-state index contributed by atoms with van der Waals surface area (Å²) in [6, 6.07) is 14.4. The van der Waals surface area contributed by atoms with Gasteiger partial charge in [-0.2, -0.15) is 0 Å². The van der Waals surface area contributed by atoms with E-state index in [-0.39, 0.29) is 5.41 Å². The molecule has 0 aliphatic carbocycles. The van der Waals surface area contributed by atoms with Crippen molar-refractivity contribution in [3.05, 3.63) is 59.2 Å². The van der Waals surface area contributed by atoms with Crippen LogP contribution in [-0.2, 0) is 12.0 Å². The molecule has 0 saturated heterocycles. The smallest absolute Gasteiger partial charge is 0.124 e. The molecule has 0 fully saturated rings. The van der Waals surface area contributed by atoms with Gasteiger partial charge in [0, 0.05) is 11.3 Å². The molecule has 2 N–H and O–H groups in total. The molecule has 20 heavy (non-hydrogen) atoms. The van der Waals surface area contributed by atoms with Crippen molar-refractivity contribution in [2.75, 3.05) is 5.73 Å². The molecule has 0 unspecified atom stereocenters. The second-order valence-corrected chi connectivity index (χ2v) is 6.21. The number of hydrogen-bond donors (Lipinski definition) is 1. The molecule has 0 saturated carbocycles. The fourth-order valence-electron chi connectivity index (χ4n) is 2.05. The average molecular weight is 269 g/mol. The lowest BCUT2D eigenvalue weighted by Gasteiger charge is -2.19. The van der Waals surface area contributed by atoms with E-state index in [4.69, 9.17) is 10.5 Å². The molecule has 2 rings (SSSR count). The summed E-state index contributed by atoms with van der Waals surface area (Å²) in [5.74, 6) is 0.852. The van der Waals surface area contributed by atoms with E-state index in [0.717, 1.165) is 17.0 Å². The number of benzene rings is 2. The molecule has 0 heterocycles. The Labute approximate surface area is 121 Å². The highest BCUT2D eigenvalue weighted by atomic mass is 16.5. The number of ether oxygens (including phenoxy) is 1. The first-order valence-electron chi connectivity index (χ1n) is 6.95. The van der Waals surface area contributed by atoms with Gasteiger partial charge in [-0.1, -0.05) is 51.1 Å². The van der Waals surface area contributed by atoms with Crippen LogP contribution in [-0.4, -0.2) is 0 Å². The predicted octanol–water partition coefficient (Wildman–Crippen LogP) is 4.45. The Morgan fingerprint density at radius 2 is 1.65 bits per heavy atom. The third-order valence-corrected chi connectivity index (χ3v) is 3.54. The minimum atomic E-state index is 0.184. The van der Waals surface area contributed by atoms with Crippen LogP contribution in [0.2, 0.25) is 0 Å². The van der Waals surface area contributed by atoms with Gasteiger partial charge in [-0.3, -0.25) is 0 Å². The number of nitrogen functional groups attached to an aromatic ring is 1. The van der Waals surface area contributed by atoms with Crippen LogP contribution >= 0.6 is 0 Å². The summed E-state index contributed by atoms with van der Waals surface area (Å²) in [5, 5.41) is 0. The van der Waals surface area contributed by atoms with Crippen LogP contribution in [0.15, 0.2) is 42.5 Å². The first-order valence-corrected chi connectivity index (χ1v) is 6.95. The molecule has 0 aliphatic rings. The van der Waals surface area contributed by atoms with E-state index in [9.17, 15) is 0 Å². The molecule has 0 radical (unpaired) electrons. The number of hydrogen-bond acceptors (Lipinski definition) is 2. The second-order valence-electron chi connectivity index (χ2n) is 6.21. The zero-order valence-electron chi connectivity index (χ0n) is 12.7. The highest BCUT2D eigenvalue weighted by Gasteiger charge is 2.12. The van der Waals surface area contributed by atoms with Crippen molar-refractivity contribution in [2.45, 2.75) is 39.7 Å². The van der Waals surface area contributed by atoms with E-state index in [1.54, 1.807) is 0 Å². The lowest BCUT2D eigenvalue weighted by Crippen LogP contribution is -2.10. The lowest BCUT2D eigenvalue weighted by molar-refractivity contribution is 0.304. The van der Waals surface area contributed by atoms with E-state index in [1.165, 1.54) is 11.1 Å². The van der Waals surface area contributed by atoms with Crippen LogP contribution in [0.5, 0.6) is 5.75 Å². The molecule has 2 heteroatoms. The first kappa shape index (κ1) is 14.4. The van der Waals surface area contributed by atoms with E-state index < -0.39 is 0 Å². The summed E-state index contributed by atoms with van der Waals surface area (Å²) < 4.78 is 5.85. The molecule has 2 aromatic rings. The highest BCUT2D eigenvalue weighted by Crippen LogP contribution is 2.25. The Morgan fingerprint density at radius 3 is 2.25 bits per heavy atom. The highest BCUT2D eigenvalue weighted by molar-refractivity contribution is 5.53. The summed E-state index contributed by atoms with van der Waals surface area (Å²) in [4.78, 5) is 0. The van der Waals surface area contributed by atoms with Gasteiger partial charge in [-0.05, 0) is 35.6 Å². The minimum absolute atomic E-state index is 0.184. The topological polar surface area (TPSA) is 35.2 Å². The fraction of sp³-hybridized carbons (Fsp3) is 0.333. The molecule has 2 nitrogen and oxygen atoms in total. The van der Waals surface area contributed by atoms with E-state index in [2.05, 4.69) is 45.0 Å². The largest absolute Gasteiger partial charge is 0.489 e. The van der Waals surface area contributed by atoms with Crippen molar-refractivity contribution in [2.24, 2.45) is 0 Å². The van der Waals surface area contributed by atoms with Crippen LogP contribution in [0.1, 0.15) is 37.5 Å². The van der Waals surface area contributed by atoms with Crippen molar-refractivity contribution >= 4 is 5.69 Å². The summed E-state index contributed by atoms with van der Waals surface area (Å²) in [5.41, 5.74) is 10.3. The Kier molecular flexibility index (Phi) is 4.03. The van der Waals surface area contributed by atoms with Gasteiger partial charge in [0.2, 0.25) is 0 Å². The van der Waals surface area contributed by atoms with E-state index in [0.29, 0.717) is 6.61 Å². The third-order valence-electron chi connectivity index (χ3n) is 3.54. The van der Waals surface area contributed by atoms with Gasteiger partial charge in [-0.25, -0.2) is 0 Å². The second kappa shape index (κ2) is 5.58. The van der Waals surface area contributed by atoms with Crippen molar-refractivity contribution in [1.82, 2.24) is 0 Å². The Balaban J connectivity index is 2.06. The van der Waals surface area contributed by atoms with Gasteiger partial charge >= 0.3 is 0 Å². The van der Waals surface area contributed by atoms with Gasteiger partial charge < -0.3 is 10.5 Å². The monoisotopic (exact) mass is 269 g/mol. The summed E-state index contributed by atoms with van der Waals surface area (Å²) >= 11 is 0. The van der Waals surface area contributed by atoms with E-state index in [1.807, 2.05) is 25.1 Å². The van der Waals surface area contributed by atoms with Crippen molar-refractivity contribution < 1.29 is 4.74 Å². The average Bonchev–Trinajstić information content (AvgIpc) is 2.40. The van der Waals surface area contributed by atoms with Crippen molar-refractivity contribution in [1.29, 1.82) is 0 Å². The normalized spacial score (nSPS) is 11.4. The van der Waals surface area contributed by atoms with Gasteiger partial charge in [0.15, 0.2) is 0 Å². The number of nitrogens with two attached hydrogens (primary N) is 1. The molecule has 0 amide bonds. The molecule has 2 aromatic carbocycles. The summed E-state index contributed by atoms with van der Waals surface area (Å²) in [7, 11) is 0. The van der Waals surface area contributed by atoms with Gasteiger partial charge in [0.1, 0.15) is 12.4 Å². The maximum Gasteiger partial charge on any atom is 0.124 e. The van der Waals surface area contributed by atoms with Crippen LogP contribution in [0, 0.1) is 6.92 Å². The van der Waals surface area contributed by atoms with Crippen LogP contribution in [0.25, 0.3) is 0 Å². The van der Waals surface area contributed by atoms with Gasteiger partial charge in [0.05, 0.1) is 0 Å². The minimum Gasteiger partial charge on any atom is -0.489 e. The standard InChI is InChI=1S/C18H23NO/c1-13-16(19)6-5-7-17(13)20-12-14-8-10-15(11-9-14)18(2,3)4/h5-11H,12,19H2,1-4H3.